The number of para-hydroxylation sites is 1. The molecule has 29 heavy (non-hydrogen) atoms. The summed E-state index contributed by atoms with van der Waals surface area (Å²) >= 11 is 0. The van der Waals surface area contributed by atoms with Crippen LogP contribution in [0.1, 0.15) is 26.2 Å². The first-order valence-electron chi connectivity index (χ1n) is 9.70. The Kier molecular flexibility index (Phi) is 6.87. The number of carbonyl (C=O) groups is 1. The Bertz CT molecular complexity index is 950. The van der Waals surface area contributed by atoms with E-state index in [0.29, 0.717) is 37.3 Å². The molecule has 3 rings (SSSR count). The summed E-state index contributed by atoms with van der Waals surface area (Å²) in [7, 11) is -3.36. The SMILES string of the molecule is CCCS(=O)(=O)N1CCCC(C(=O)Nc2cc(F)ccc2Oc2ccccc2)C1. The number of anilines is 1. The normalized spacial score (nSPS) is 17.7. The molecule has 6 nitrogen and oxygen atoms in total. The molecule has 1 saturated heterocycles. The molecule has 1 atom stereocenters. The van der Waals surface area contributed by atoms with E-state index < -0.39 is 21.8 Å². The first kappa shape index (κ1) is 21.3. The highest BCUT2D eigenvalue weighted by Crippen LogP contribution is 2.31. The molecule has 1 aliphatic rings. The van der Waals surface area contributed by atoms with Gasteiger partial charge in [-0.3, -0.25) is 4.79 Å². The van der Waals surface area contributed by atoms with Crippen LogP contribution in [0.3, 0.4) is 0 Å². The van der Waals surface area contributed by atoms with Crippen LogP contribution in [0.5, 0.6) is 11.5 Å². The van der Waals surface area contributed by atoms with E-state index in [1.54, 1.807) is 12.1 Å². The number of sulfonamides is 1. The number of ether oxygens (including phenoxy) is 1. The van der Waals surface area contributed by atoms with E-state index >= 15 is 0 Å². The lowest BCUT2D eigenvalue weighted by atomic mass is 9.98. The fourth-order valence-electron chi connectivity index (χ4n) is 3.34. The summed E-state index contributed by atoms with van der Waals surface area (Å²) in [6, 6.07) is 12.9. The lowest BCUT2D eigenvalue weighted by Crippen LogP contribution is -2.44. The molecule has 1 unspecified atom stereocenters. The van der Waals surface area contributed by atoms with Crippen LogP contribution in [0.4, 0.5) is 10.1 Å². The molecule has 0 radical (unpaired) electrons. The number of carbonyl (C=O) groups excluding carboxylic acids is 1. The van der Waals surface area contributed by atoms with E-state index in [1.165, 1.54) is 22.5 Å². The Balaban J connectivity index is 1.74. The van der Waals surface area contributed by atoms with Crippen molar-refractivity contribution in [1.82, 2.24) is 4.31 Å². The third-order valence-electron chi connectivity index (χ3n) is 4.78. The zero-order valence-corrected chi connectivity index (χ0v) is 17.1. The molecule has 0 aromatic heterocycles. The van der Waals surface area contributed by atoms with Gasteiger partial charge in [-0.25, -0.2) is 17.1 Å². The number of halogens is 1. The molecule has 1 amide bonds. The molecule has 1 aliphatic heterocycles. The number of nitrogens with zero attached hydrogens (tertiary/aromatic N) is 1. The second kappa shape index (κ2) is 9.37. The van der Waals surface area contributed by atoms with Gasteiger partial charge in [0.2, 0.25) is 15.9 Å². The van der Waals surface area contributed by atoms with Gasteiger partial charge in [0, 0.05) is 19.2 Å². The van der Waals surface area contributed by atoms with Crippen LogP contribution in [0, 0.1) is 11.7 Å². The molecular formula is C21H25FN2O4S. The second-order valence-electron chi connectivity index (χ2n) is 7.06. The van der Waals surface area contributed by atoms with Gasteiger partial charge in [0.05, 0.1) is 17.4 Å². The zero-order chi connectivity index (χ0) is 20.9. The molecule has 156 valence electrons. The number of hydrogen-bond donors (Lipinski definition) is 1. The summed E-state index contributed by atoms with van der Waals surface area (Å²) in [4.78, 5) is 12.8. The van der Waals surface area contributed by atoms with Crippen LogP contribution in [0.2, 0.25) is 0 Å². The predicted octanol–water partition coefficient (Wildman–Crippen LogP) is 4.01. The molecule has 0 aliphatic carbocycles. The highest BCUT2D eigenvalue weighted by molar-refractivity contribution is 7.89. The van der Waals surface area contributed by atoms with Crippen LogP contribution in [0.25, 0.3) is 0 Å². The fourth-order valence-corrected chi connectivity index (χ4v) is 4.92. The summed E-state index contributed by atoms with van der Waals surface area (Å²) in [5, 5.41) is 2.72. The van der Waals surface area contributed by atoms with Crippen molar-refractivity contribution < 1.29 is 22.3 Å². The first-order valence-corrected chi connectivity index (χ1v) is 11.3. The largest absolute Gasteiger partial charge is 0.455 e. The molecule has 1 heterocycles. The average molecular weight is 421 g/mol. The van der Waals surface area contributed by atoms with Crippen molar-refractivity contribution in [2.24, 2.45) is 5.92 Å². The van der Waals surface area contributed by atoms with Gasteiger partial charge in [-0.15, -0.1) is 0 Å². The molecule has 8 heteroatoms. The van der Waals surface area contributed by atoms with Gasteiger partial charge in [0.1, 0.15) is 11.6 Å². The van der Waals surface area contributed by atoms with Crippen molar-refractivity contribution in [3.05, 3.63) is 54.3 Å². The summed E-state index contributed by atoms with van der Waals surface area (Å²) < 4.78 is 45.6. The number of piperidine rings is 1. The minimum atomic E-state index is -3.36. The quantitative estimate of drug-likeness (QED) is 0.734. The van der Waals surface area contributed by atoms with Gasteiger partial charge in [0.15, 0.2) is 5.75 Å². The van der Waals surface area contributed by atoms with Crippen molar-refractivity contribution in [3.8, 4) is 11.5 Å². The van der Waals surface area contributed by atoms with Crippen LogP contribution in [-0.4, -0.2) is 37.5 Å². The Morgan fingerprint density at radius 2 is 2.00 bits per heavy atom. The predicted molar refractivity (Wildman–Crippen MR) is 110 cm³/mol. The number of hydrogen-bond acceptors (Lipinski definition) is 4. The van der Waals surface area contributed by atoms with Crippen LogP contribution in [-0.2, 0) is 14.8 Å². The van der Waals surface area contributed by atoms with E-state index in [9.17, 15) is 17.6 Å². The number of amides is 1. The number of rotatable bonds is 7. The lowest BCUT2D eigenvalue weighted by molar-refractivity contribution is -0.120. The molecule has 0 saturated carbocycles. The van der Waals surface area contributed by atoms with Crippen LogP contribution < -0.4 is 10.1 Å². The average Bonchev–Trinajstić information content (AvgIpc) is 2.71. The molecule has 1 N–H and O–H groups in total. The van der Waals surface area contributed by atoms with Crippen molar-refractivity contribution in [2.45, 2.75) is 26.2 Å². The monoisotopic (exact) mass is 420 g/mol. The highest BCUT2D eigenvalue weighted by atomic mass is 32.2. The van der Waals surface area contributed by atoms with Gasteiger partial charge in [-0.2, -0.15) is 0 Å². The molecule has 1 fully saturated rings. The van der Waals surface area contributed by atoms with E-state index in [0.717, 1.165) is 0 Å². The van der Waals surface area contributed by atoms with Gasteiger partial charge < -0.3 is 10.1 Å². The number of nitrogens with one attached hydrogen (secondary N) is 1. The molecule has 0 bridgehead atoms. The smallest absolute Gasteiger partial charge is 0.228 e. The third kappa shape index (κ3) is 5.55. The van der Waals surface area contributed by atoms with Gasteiger partial charge in [-0.05, 0) is 43.5 Å². The van der Waals surface area contributed by atoms with E-state index in [4.69, 9.17) is 4.74 Å². The van der Waals surface area contributed by atoms with Gasteiger partial charge >= 0.3 is 0 Å². The molecule has 2 aromatic carbocycles. The standard InChI is InChI=1S/C21H25FN2O4S/c1-2-13-29(26,27)24-12-6-7-16(15-24)21(25)23-19-14-17(22)10-11-20(19)28-18-8-4-3-5-9-18/h3-5,8-11,14,16H,2,6-7,12-13,15H2,1H3,(H,23,25). The third-order valence-corrected chi connectivity index (χ3v) is 6.82. The highest BCUT2D eigenvalue weighted by Gasteiger charge is 2.32. The molecular weight excluding hydrogens is 395 g/mol. The Hall–Kier alpha value is -2.45. The Morgan fingerprint density at radius 3 is 2.72 bits per heavy atom. The second-order valence-corrected chi connectivity index (χ2v) is 9.15. The fraction of sp³-hybridized carbons (Fsp3) is 0.381. The Labute approximate surface area is 170 Å². The van der Waals surface area contributed by atoms with Gasteiger partial charge in [-0.1, -0.05) is 25.1 Å². The maximum atomic E-state index is 13.8. The summed E-state index contributed by atoms with van der Waals surface area (Å²) in [6.45, 7) is 2.37. The zero-order valence-electron chi connectivity index (χ0n) is 16.3. The van der Waals surface area contributed by atoms with Gasteiger partial charge in [0.25, 0.3) is 0 Å². The van der Waals surface area contributed by atoms with E-state index in [2.05, 4.69) is 5.32 Å². The molecule has 2 aromatic rings. The summed E-state index contributed by atoms with van der Waals surface area (Å²) in [6.07, 6.45) is 1.71. The maximum Gasteiger partial charge on any atom is 0.228 e. The molecule has 0 spiro atoms. The van der Waals surface area contributed by atoms with Crippen molar-refractivity contribution in [1.29, 1.82) is 0 Å². The van der Waals surface area contributed by atoms with Crippen LogP contribution >= 0.6 is 0 Å². The van der Waals surface area contributed by atoms with Crippen LogP contribution in [0.15, 0.2) is 48.5 Å². The summed E-state index contributed by atoms with van der Waals surface area (Å²) in [5.74, 6) is -0.397. The van der Waals surface area contributed by atoms with Crippen molar-refractivity contribution >= 4 is 21.6 Å². The van der Waals surface area contributed by atoms with E-state index in [1.807, 2.05) is 25.1 Å². The maximum absolute atomic E-state index is 13.8. The minimum Gasteiger partial charge on any atom is -0.455 e. The summed E-state index contributed by atoms with van der Waals surface area (Å²) in [5.41, 5.74) is 0.215. The van der Waals surface area contributed by atoms with E-state index in [-0.39, 0.29) is 23.9 Å². The van der Waals surface area contributed by atoms with Crippen molar-refractivity contribution in [2.75, 3.05) is 24.2 Å². The topological polar surface area (TPSA) is 75.7 Å². The van der Waals surface area contributed by atoms with Crippen molar-refractivity contribution in [3.63, 3.8) is 0 Å². The Morgan fingerprint density at radius 1 is 1.24 bits per heavy atom. The number of benzene rings is 2. The lowest BCUT2D eigenvalue weighted by Gasteiger charge is -2.31. The minimum absolute atomic E-state index is 0.0697. The first-order chi connectivity index (χ1) is 13.9.